The zero-order valence-corrected chi connectivity index (χ0v) is 12.5. The fourth-order valence-corrected chi connectivity index (χ4v) is 2.71. The first-order chi connectivity index (χ1) is 9.22. The maximum absolute atomic E-state index is 5.81. The number of hydrogen-bond acceptors (Lipinski definition) is 3. The number of nitrogens with two attached hydrogens (primary N) is 1. The minimum atomic E-state index is 0.443. The zero-order chi connectivity index (χ0) is 13.7. The number of hydrogen-bond donors (Lipinski definition) is 2. The van der Waals surface area contributed by atoms with Gasteiger partial charge in [-0.3, -0.25) is 0 Å². The van der Waals surface area contributed by atoms with Crippen molar-refractivity contribution >= 4 is 23.0 Å². The highest BCUT2D eigenvalue weighted by molar-refractivity contribution is 7.80. The Kier molecular flexibility index (Phi) is 5.14. The standard InChI is InChI=1S/C15H23N3S/c1-2-3-4-5-9-17-15-12(14(16)19)10-11-7-6-8-13(11)18-15/h10H,2-9H2,1H3,(H2,16,19)(H,17,18). The molecule has 0 saturated carbocycles. The molecule has 4 heteroatoms. The van der Waals surface area contributed by atoms with Crippen LogP contribution >= 0.6 is 12.2 Å². The first-order valence-corrected chi connectivity index (χ1v) is 7.69. The second kappa shape index (κ2) is 6.85. The van der Waals surface area contributed by atoms with Crippen LogP contribution in [0.1, 0.15) is 55.8 Å². The Balaban J connectivity index is 2.03. The van der Waals surface area contributed by atoms with Crippen LogP contribution in [0.3, 0.4) is 0 Å². The van der Waals surface area contributed by atoms with Crippen molar-refractivity contribution in [3.05, 3.63) is 22.9 Å². The molecule has 1 aliphatic carbocycles. The van der Waals surface area contributed by atoms with E-state index in [1.54, 1.807) is 0 Å². The van der Waals surface area contributed by atoms with Crippen molar-refractivity contribution in [2.75, 3.05) is 11.9 Å². The van der Waals surface area contributed by atoms with Crippen molar-refractivity contribution in [2.45, 2.75) is 51.9 Å². The number of aromatic nitrogens is 1. The van der Waals surface area contributed by atoms with E-state index in [1.807, 2.05) is 0 Å². The first kappa shape index (κ1) is 14.3. The fraction of sp³-hybridized carbons (Fsp3) is 0.600. The lowest BCUT2D eigenvalue weighted by molar-refractivity contribution is 0.684. The van der Waals surface area contributed by atoms with Gasteiger partial charge >= 0.3 is 0 Å². The summed E-state index contributed by atoms with van der Waals surface area (Å²) >= 11 is 5.14. The van der Waals surface area contributed by atoms with Crippen molar-refractivity contribution in [1.82, 2.24) is 4.98 Å². The predicted molar refractivity (Wildman–Crippen MR) is 84.8 cm³/mol. The number of aryl methyl sites for hydroxylation is 2. The molecule has 19 heavy (non-hydrogen) atoms. The molecule has 0 spiro atoms. The third-order valence-corrected chi connectivity index (χ3v) is 3.86. The third-order valence-electron chi connectivity index (χ3n) is 3.64. The molecule has 0 unspecified atom stereocenters. The van der Waals surface area contributed by atoms with Gasteiger partial charge in [-0.25, -0.2) is 4.98 Å². The third kappa shape index (κ3) is 3.66. The van der Waals surface area contributed by atoms with Crippen LogP contribution in [0, 0.1) is 0 Å². The molecular weight excluding hydrogens is 254 g/mol. The zero-order valence-electron chi connectivity index (χ0n) is 11.7. The van der Waals surface area contributed by atoms with Crippen molar-refractivity contribution < 1.29 is 0 Å². The van der Waals surface area contributed by atoms with Gasteiger partial charge < -0.3 is 11.1 Å². The topological polar surface area (TPSA) is 50.9 Å². The van der Waals surface area contributed by atoms with Gasteiger partial charge in [0.2, 0.25) is 0 Å². The van der Waals surface area contributed by atoms with E-state index in [2.05, 4.69) is 18.3 Å². The molecule has 3 nitrogen and oxygen atoms in total. The summed E-state index contributed by atoms with van der Waals surface area (Å²) in [7, 11) is 0. The Labute approximate surface area is 121 Å². The van der Waals surface area contributed by atoms with Crippen molar-refractivity contribution in [3.63, 3.8) is 0 Å². The quantitative estimate of drug-likeness (QED) is 0.593. The van der Waals surface area contributed by atoms with Crippen LogP contribution in [0.4, 0.5) is 5.82 Å². The average Bonchev–Trinajstić information content (AvgIpc) is 2.84. The van der Waals surface area contributed by atoms with Gasteiger partial charge in [0.25, 0.3) is 0 Å². The van der Waals surface area contributed by atoms with Gasteiger partial charge in [0.05, 0.1) is 5.56 Å². The molecule has 0 saturated heterocycles. The number of nitrogens with one attached hydrogen (secondary N) is 1. The minimum Gasteiger partial charge on any atom is -0.389 e. The Morgan fingerprint density at radius 2 is 2.21 bits per heavy atom. The van der Waals surface area contributed by atoms with E-state index < -0.39 is 0 Å². The Morgan fingerprint density at radius 1 is 1.37 bits per heavy atom. The molecule has 0 fully saturated rings. The number of unbranched alkanes of at least 4 members (excludes halogenated alkanes) is 3. The summed E-state index contributed by atoms with van der Waals surface area (Å²) in [5, 5.41) is 3.40. The van der Waals surface area contributed by atoms with Crippen LogP contribution in [0.25, 0.3) is 0 Å². The van der Waals surface area contributed by atoms with E-state index in [0.717, 1.165) is 30.8 Å². The van der Waals surface area contributed by atoms with E-state index in [1.165, 1.54) is 43.4 Å². The van der Waals surface area contributed by atoms with Gasteiger partial charge in [0.1, 0.15) is 10.8 Å². The molecule has 1 heterocycles. The molecule has 3 N–H and O–H groups in total. The molecule has 1 aliphatic rings. The van der Waals surface area contributed by atoms with Crippen molar-refractivity contribution in [2.24, 2.45) is 5.73 Å². The number of fused-ring (bicyclic) bond motifs is 1. The maximum Gasteiger partial charge on any atom is 0.136 e. The van der Waals surface area contributed by atoms with Crippen molar-refractivity contribution in [3.8, 4) is 0 Å². The van der Waals surface area contributed by atoms with Crippen LogP contribution in [-0.2, 0) is 12.8 Å². The molecule has 1 aromatic rings. The second-order valence-electron chi connectivity index (χ2n) is 5.20. The summed E-state index contributed by atoms with van der Waals surface area (Å²) in [5.41, 5.74) is 9.26. The van der Waals surface area contributed by atoms with Crippen LogP contribution < -0.4 is 11.1 Å². The lowest BCUT2D eigenvalue weighted by Crippen LogP contribution is -2.16. The lowest BCUT2D eigenvalue weighted by Gasteiger charge is -2.12. The Hall–Kier alpha value is -1.16. The molecule has 0 bridgehead atoms. The molecule has 2 rings (SSSR count). The predicted octanol–water partition coefficient (Wildman–Crippen LogP) is 3.20. The average molecular weight is 277 g/mol. The lowest BCUT2D eigenvalue weighted by atomic mass is 10.1. The summed E-state index contributed by atoms with van der Waals surface area (Å²) in [4.78, 5) is 5.16. The van der Waals surface area contributed by atoms with Gasteiger partial charge in [-0.05, 0) is 37.3 Å². The molecule has 0 amide bonds. The number of thiocarbonyl (C=S) groups is 1. The van der Waals surface area contributed by atoms with Crippen molar-refractivity contribution in [1.29, 1.82) is 0 Å². The summed E-state index contributed by atoms with van der Waals surface area (Å²) in [5.74, 6) is 0.879. The molecule has 0 aromatic carbocycles. The summed E-state index contributed by atoms with van der Waals surface area (Å²) < 4.78 is 0. The van der Waals surface area contributed by atoms with E-state index in [0.29, 0.717) is 4.99 Å². The van der Waals surface area contributed by atoms with Gasteiger partial charge in [-0.2, -0.15) is 0 Å². The second-order valence-corrected chi connectivity index (χ2v) is 5.64. The smallest absolute Gasteiger partial charge is 0.136 e. The monoisotopic (exact) mass is 277 g/mol. The van der Waals surface area contributed by atoms with E-state index in [-0.39, 0.29) is 0 Å². The first-order valence-electron chi connectivity index (χ1n) is 7.29. The normalized spacial score (nSPS) is 13.3. The number of nitrogens with zero attached hydrogens (tertiary/aromatic N) is 1. The van der Waals surface area contributed by atoms with Crippen LogP contribution in [0.15, 0.2) is 6.07 Å². The maximum atomic E-state index is 5.81. The summed E-state index contributed by atoms with van der Waals surface area (Å²) in [6, 6.07) is 2.13. The SMILES string of the molecule is CCCCCCNc1nc2c(cc1C(N)=S)CCC2. The molecule has 1 aromatic heterocycles. The van der Waals surface area contributed by atoms with Gasteiger partial charge in [0.15, 0.2) is 0 Å². The molecule has 0 radical (unpaired) electrons. The van der Waals surface area contributed by atoms with Crippen LogP contribution in [-0.4, -0.2) is 16.5 Å². The van der Waals surface area contributed by atoms with Crippen LogP contribution in [0.5, 0.6) is 0 Å². The summed E-state index contributed by atoms with van der Waals surface area (Å²) in [6.07, 6.45) is 8.36. The molecular formula is C15H23N3S. The number of pyridine rings is 1. The van der Waals surface area contributed by atoms with Gasteiger partial charge in [0, 0.05) is 12.2 Å². The highest BCUT2D eigenvalue weighted by Crippen LogP contribution is 2.25. The summed E-state index contributed by atoms with van der Waals surface area (Å²) in [6.45, 7) is 3.17. The largest absolute Gasteiger partial charge is 0.389 e. The fourth-order valence-electron chi connectivity index (χ4n) is 2.55. The van der Waals surface area contributed by atoms with E-state index in [4.69, 9.17) is 22.9 Å². The molecule has 104 valence electrons. The molecule has 0 atom stereocenters. The molecule has 0 aliphatic heterocycles. The number of rotatable bonds is 7. The highest BCUT2D eigenvalue weighted by Gasteiger charge is 2.17. The number of anilines is 1. The van der Waals surface area contributed by atoms with Gasteiger partial charge in [-0.15, -0.1) is 0 Å². The van der Waals surface area contributed by atoms with Crippen LogP contribution in [0.2, 0.25) is 0 Å². The Bertz CT molecular complexity index is 457. The Morgan fingerprint density at radius 3 is 2.95 bits per heavy atom. The van der Waals surface area contributed by atoms with Gasteiger partial charge in [-0.1, -0.05) is 38.4 Å². The highest BCUT2D eigenvalue weighted by atomic mass is 32.1. The van der Waals surface area contributed by atoms with E-state index in [9.17, 15) is 0 Å². The van der Waals surface area contributed by atoms with E-state index >= 15 is 0 Å². The minimum absolute atomic E-state index is 0.443.